The van der Waals surface area contributed by atoms with Gasteiger partial charge in [0.25, 0.3) is 0 Å². The molecule has 1 aromatic heterocycles. The summed E-state index contributed by atoms with van der Waals surface area (Å²) in [6.45, 7) is 5.03. The van der Waals surface area contributed by atoms with Crippen molar-refractivity contribution in [2.24, 2.45) is 0 Å². The molecule has 19 heavy (non-hydrogen) atoms. The van der Waals surface area contributed by atoms with E-state index in [0.717, 1.165) is 30.0 Å². The van der Waals surface area contributed by atoms with E-state index in [2.05, 4.69) is 29.1 Å². The molecule has 0 aliphatic heterocycles. The fourth-order valence-corrected chi connectivity index (χ4v) is 2.22. The molecule has 1 heterocycles. The van der Waals surface area contributed by atoms with Crippen molar-refractivity contribution < 1.29 is 0 Å². The Morgan fingerprint density at radius 3 is 2.84 bits per heavy atom. The standard InChI is InChI=1S/C14H17Cl2N3/c1-3-9(2)17-8-14-18-7-13(19-14)11-5-4-10(15)6-12(11)16/h4-7,9,17H,3,8H2,1-2H3,(H,18,19). The van der Waals surface area contributed by atoms with Crippen LogP contribution in [0.2, 0.25) is 10.0 Å². The molecule has 5 heteroatoms. The van der Waals surface area contributed by atoms with Gasteiger partial charge in [-0.15, -0.1) is 0 Å². The van der Waals surface area contributed by atoms with E-state index in [4.69, 9.17) is 23.2 Å². The number of nitrogens with one attached hydrogen (secondary N) is 2. The Labute approximate surface area is 123 Å². The highest BCUT2D eigenvalue weighted by Crippen LogP contribution is 2.29. The van der Waals surface area contributed by atoms with Gasteiger partial charge in [-0.3, -0.25) is 0 Å². The second-order valence-electron chi connectivity index (χ2n) is 4.56. The van der Waals surface area contributed by atoms with Crippen LogP contribution in [-0.4, -0.2) is 16.0 Å². The summed E-state index contributed by atoms with van der Waals surface area (Å²) in [6, 6.07) is 5.92. The Morgan fingerprint density at radius 2 is 2.16 bits per heavy atom. The van der Waals surface area contributed by atoms with Crippen LogP contribution < -0.4 is 5.32 Å². The molecule has 0 spiro atoms. The summed E-state index contributed by atoms with van der Waals surface area (Å²) in [5, 5.41) is 4.64. The average molecular weight is 298 g/mol. The van der Waals surface area contributed by atoms with Crippen LogP contribution in [0.15, 0.2) is 24.4 Å². The molecule has 0 fully saturated rings. The minimum absolute atomic E-state index is 0.479. The van der Waals surface area contributed by atoms with Crippen LogP contribution in [-0.2, 0) is 6.54 Å². The lowest BCUT2D eigenvalue weighted by Gasteiger charge is -2.09. The summed E-state index contributed by atoms with van der Waals surface area (Å²) < 4.78 is 0. The minimum Gasteiger partial charge on any atom is -0.341 e. The quantitative estimate of drug-likeness (QED) is 0.865. The van der Waals surface area contributed by atoms with Gasteiger partial charge < -0.3 is 10.3 Å². The van der Waals surface area contributed by atoms with E-state index in [0.29, 0.717) is 16.1 Å². The number of benzene rings is 1. The Morgan fingerprint density at radius 1 is 1.37 bits per heavy atom. The molecule has 2 rings (SSSR count). The van der Waals surface area contributed by atoms with Crippen LogP contribution in [0.3, 0.4) is 0 Å². The second-order valence-corrected chi connectivity index (χ2v) is 5.40. The predicted octanol–water partition coefficient (Wildman–Crippen LogP) is 4.27. The van der Waals surface area contributed by atoms with E-state index >= 15 is 0 Å². The van der Waals surface area contributed by atoms with E-state index < -0.39 is 0 Å². The van der Waals surface area contributed by atoms with Crippen LogP contribution in [0.4, 0.5) is 0 Å². The summed E-state index contributed by atoms with van der Waals surface area (Å²) in [7, 11) is 0. The van der Waals surface area contributed by atoms with Gasteiger partial charge in [-0.05, 0) is 31.5 Å². The first-order chi connectivity index (χ1) is 9.10. The number of aromatic amines is 1. The molecule has 2 N–H and O–H groups in total. The first kappa shape index (κ1) is 14.4. The number of hydrogen-bond donors (Lipinski definition) is 2. The maximum absolute atomic E-state index is 6.18. The van der Waals surface area contributed by atoms with Crippen LogP contribution in [0, 0.1) is 0 Å². The molecule has 0 amide bonds. The van der Waals surface area contributed by atoms with Crippen molar-refractivity contribution in [2.75, 3.05) is 0 Å². The lowest BCUT2D eigenvalue weighted by Crippen LogP contribution is -2.24. The number of rotatable bonds is 5. The number of aromatic nitrogens is 2. The van der Waals surface area contributed by atoms with Crippen molar-refractivity contribution in [2.45, 2.75) is 32.9 Å². The average Bonchev–Trinajstić information content (AvgIpc) is 2.84. The lowest BCUT2D eigenvalue weighted by molar-refractivity contribution is 0.525. The molecule has 0 radical (unpaired) electrons. The van der Waals surface area contributed by atoms with Crippen molar-refractivity contribution in [3.63, 3.8) is 0 Å². The Balaban J connectivity index is 2.12. The van der Waals surface area contributed by atoms with Gasteiger partial charge in [-0.2, -0.15) is 0 Å². The third-order valence-corrected chi connectivity index (χ3v) is 3.63. The highest BCUT2D eigenvalue weighted by atomic mass is 35.5. The number of hydrogen-bond acceptors (Lipinski definition) is 2. The third-order valence-electron chi connectivity index (χ3n) is 3.08. The zero-order chi connectivity index (χ0) is 13.8. The number of nitrogens with zero attached hydrogens (tertiary/aromatic N) is 1. The topological polar surface area (TPSA) is 40.7 Å². The highest BCUT2D eigenvalue weighted by molar-refractivity contribution is 6.36. The van der Waals surface area contributed by atoms with Crippen molar-refractivity contribution in [1.29, 1.82) is 0 Å². The van der Waals surface area contributed by atoms with Crippen LogP contribution >= 0.6 is 23.2 Å². The van der Waals surface area contributed by atoms with Gasteiger partial charge >= 0.3 is 0 Å². The largest absolute Gasteiger partial charge is 0.341 e. The molecule has 102 valence electrons. The summed E-state index contributed by atoms with van der Waals surface area (Å²) in [6.07, 6.45) is 2.89. The van der Waals surface area contributed by atoms with Crippen LogP contribution in [0.1, 0.15) is 26.1 Å². The fourth-order valence-electron chi connectivity index (χ4n) is 1.71. The molecule has 0 bridgehead atoms. The molecule has 2 aromatic rings. The smallest absolute Gasteiger partial charge is 0.120 e. The first-order valence-electron chi connectivity index (χ1n) is 6.32. The minimum atomic E-state index is 0.479. The Hall–Kier alpha value is -1.03. The molecule has 1 atom stereocenters. The van der Waals surface area contributed by atoms with Crippen LogP contribution in [0.25, 0.3) is 11.3 Å². The van der Waals surface area contributed by atoms with Gasteiger partial charge in [0.2, 0.25) is 0 Å². The Kier molecular flexibility index (Phi) is 4.86. The Bertz CT molecular complexity index is 551. The van der Waals surface area contributed by atoms with E-state index in [9.17, 15) is 0 Å². The number of halogens is 2. The molecule has 1 unspecified atom stereocenters. The van der Waals surface area contributed by atoms with Crippen LogP contribution in [0.5, 0.6) is 0 Å². The van der Waals surface area contributed by atoms with E-state index in [1.54, 1.807) is 12.3 Å². The van der Waals surface area contributed by atoms with Gasteiger partial charge in [0.15, 0.2) is 0 Å². The predicted molar refractivity (Wildman–Crippen MR) is 80.6 cm³/mol. The highest BCUT2D eigenvalue weighted by Gasteiger charge is 2.08. The van der Waals surface area contributed by atoms with E-state index in [1.165, 1.54) is 0 Å². The van der Waals surface area contributed by atoms with Crippen molar-refractivity contribution >= 4 is 23.2 Å². The molecule has 0 aliphatic carbocycles. The molecule has 1 aromatic carbocycles. The van der Waals surface area contributed by atoms with Gasteiger partial charge in [0.05, 0.1) is 23.5 Å². The molecule has 0 saturated carbocycles. The third kappa shape index (κ3) is 3.72. The molecule has 0 aliphatic rings. The summed E-state index contributed by atoms with van der Waals surface area (Å²) >= 11 is 12.1. The van der Waals surface area contributed by atoms with Gasteiger partial charge in [-0.1, -0.05) is 30.1 Å². The number of H-pyrrole nitrogens is 1. The molecule has 0 saturated heterocycles. The van der Waals surface area contributed by atoms with Crippen molar-refractivity contribution in [1.82, 2.24) is 15.3 Å². The fraction of sp³-hybridized carbons (Fsp3) is 0.357. The van der Waals surface area contributed by atoms with Crippen molar-refractivity contribution in [3.05, 3.63) is 40.3 Å². The second kappa shape index (κ2) is 6.42. The zero-order valence-electron chi connectivity index (χ0n) is 11.0. The molecule has 3 nitrogen and oxygen atoms in total. The maximum atomic E-state index is 6.18. The zero-order valence-corrected chi connectivity index (χ0v) is 12.5. The number of imidazole rings is 1. The maximum Gasteiger partial charge on any atom is 0.120 e. The summed E-state index contributed by atoms with van der Waals surface area (Å²) in [4.78, 5) is 7.62. The normalized spacial score (nSPS) is 12.6. The lowest BCUT2D eigenvalue weighted by atomic mass is 10.2. The molecular weight excluding hydrogens is 281 g/mol. The van der Waals surface area contributed by atoms with Gasteiger partial charge in [0, 0.05) is 16.6 Å². The van der Waals surface area contributed by atoms with Gasteiger partial charge in [0.1, 0.15) is 5.82 Å². The summed E-state index contributed by atoms with van der Waals surface area (Å²) in [5.41, 5.74) is 1.82. The van der Waals surface area contributed by atoms with E-state index in [1.807, 2.05) is 12.1 Å². The van der Waals surface area contributed by atoms with Crippen molar-refractivity contribution in [3.8, 4) is 11.3 Å². The SMILES string of the molecule is CCC(C)NCc1ncc(-c2ccc(Cl)cc2Cl)[nH]1. The summed E-state index contributed by atoms with van der Waals surface area (Å²) in [5.74, 6) is 0.904. The monoisotopic (exact) mass is 297 g/mol. The molecular formula is C14H17Cl2N3. The van der Waals surface area contributed by atoms with Gasteiger partial charge in [-0.25, -0.2) is 4.98 Å². The first-order valence-corrected chi connectivity index (χ1v) is 7.08. The van der Waals surface area contributed by atoms with E-state index in [-0.39, 0.29) is 0 Å².